The van der Waals surface area contributed by atoms with E-state index in [1.165, 1.54) is 38.5 Å². The summed E-state index contributed by atoms with van der Waals surface area (Å²) in [6, 6.07) is 0. The number of hydrogen-bond donors (Lipinski definition) is 1. The van der Waals surface area contributed by atoms with Crippen molar-refractivity contribution in [3.05, 3.63) is 0 Å². The van der Waals surface area contributed by atoms with E-state index in [4.69, 9.17) is 0 Å². The first-order valence-corrected chi connectivity index (χ1v) is 7.57. The van der Waals surface area contributed by atoms with Crippen LogP contribution in [0.15, 0.2) is 0 Å². The van der Waals surface area contributed by atoms with Crippen LogP contribution >= 0.6 is 12.6 Å². The minimum Gasteiger partial charge on any atom is -0.300 e. The van der Waals surface area contributed by atoms with E-state index >= 15 is 0 Å². The summed E-state index contributed by atoms with van der Waals surface area (Å²) in [4.78, 5) is 11.4. The molecule has 0 aromatic rings. The largest absolute Gasteiger partial charge is 0.300 e. The van der Waals surface area contributed by atoms with Crippen molar-refractivity contribution in [2.45, 2.75) is 77.6 Å². The fraction of sp³-hybridized carbons (Fsp3) is 0.929. The molecule has 2 heteroatoms. The van der Waals surface area contributed by atoms with Gasteiger partial charge in [-0.1, -0.05) is 45.4 Å². The molecule has 0 aliphatic heterocycles. The Morgan fingerprint density at radius 1 is 0.812 bits per heavy atom. The highest BCUT2D eigenvalue weighted by atomic mass is 32.1. The Balaban J connectivity index is 3.09. The van der Waals surface area contributed by atoms with E-state index in [2.05, 4.69) is 19.6 Å². The molecule has 0 rings (SSSR count). The normalized spacial score (nSPS) is 10.6. The Labute approximate surface area is 107 Å². The van der Waals surface area contributed by atoms with Crippen LogP contribution in [-0.4, -0.2) is 11.5 Å². The smallest absolute Gasteiger partial charge is 0.132 e. The number of carbonyl (C=O) groups excluding carboxylic acids is 1. The summed E-state index contributed by atoms with van der Waals surface area (Å²) in [5, 5.41) is 0. The molecule has 0 aliphatic rings. The predicted octanol–water partition coefficient (Wildman–Crippen LogP) is 4.80. The standard InChI is InChI=1S/C14H28OS/c1-2-3-4-5-6-7-8-11-14(15)12-9-10-13-16/h16H,2-13H2,1H3. The van der Waals surface area contributed by atoms with E-state index < -0.39 is 0 Å². The van der Waals surface area contributed by atoms with E-state index in [-0.39, 0.29) is 0 Å². The zero-order valence-electron chi connectivity index (χ0n) is 10.8. The van der Waals surface area contributed by atoms with Crippen molar-refractivity contribution >= 4 is 18.4 Å². The summed E-state index contributed by atoms with van der Waals surface area (Å²) in [6.45, 7) is 2.24. The van der Waals surface area contributed by atoms with Crippen molar-refractivity contribution in [2.24, 2.45) is 0 Å². The minimum absolute atomic E-state index is 0.454. The lowest BCUT2D eigenvalue weighted by Gasteiger charge is -2.01. The fourth-order valence-corrected chi connectivity index (χ4v) is 2.06. The van der Waals surface area contributed by atoms with Gasteiger partial charge in [0.25, 0.3) is 0 Å². The number of Topliss-reactive ketones (excluding diaryl/α,β-unsaturated/α-hetero) is 1. The van der Waals surface area contributed by atoms with Crippen molar-refractivity contribution in [3.63, 3.8) is 0 Å². The maximum absolute atomic E-state index is 11.4. The highest BCUT2D eigenvalue weighted by Gasteiger charge is 2.01. The van der Waals surface area contributed by atoms with Gasteiger partial charge in [0.1, 0.15) is 5.78 Å². The third-order valence-corrected chi connectivity index (χ3v) is 3.24. The second-order valence-corrected chi connectivity index (χ2v) is 5.04. The Hall–Kier alpha value is 0.0200. The molecule has 0 radical (unpaired) electrons. The summed E-state index contributed by atoms with van der Waals surface area (Å²) in [6.07, 6.45) is 12.7. The summed E-state index contributed by atoms with van der Waals surface area (Å²) in [7, 11) is 0. The maximum atomic E-state index is 11.4. The molecular formula is C14H28OS. The number of hydrogen-bond acceptors (Lipinski definition) is 2. The number of ketones is 1. The number of thiol groups is 1. The fourth-order valence-electron chi connectivity index (χ4n) is 1.84. The minimum atomic E-state index is 0.454. The van der Waals surface area contributed by atoms with Gasteiger partial charge in [-0.05, 0) is 25.0 Å². The molecule has 0 spiro atoms. The molecule has 0 saturated carbocycles. The van der Waals surface area contributed by atoms with Gasteiger partial charge in [0.2, 0.25) is 0 Å². The topological polar surface area (TPSA) is 17.1 Å². The molecule has 0 saturated heterocycles. The molecule has 0 atom stereocenters. The molecule has 0 aromatic carbocycles. The molecule has 0 bridgehead atoms. The zero-order chi connectivity index (χ0) is 12.1. The molecule has 0 fully saturated rings. The van der Waals surface area contributed by atoms with Crippen molar-refractivity contribution in [2.75, 3.05) is 5.75 Å². The van der Waals surface area contributed by atoms with E-state index in [9.17, 15) is 4.79 Å². The Morgan fingerprint density at radius 2 is 1.31 bits per heavy atom. The summed E-state index contributed by atoms with van der Waals surface area (Å²) in [5.41, 5.74) is 0. The van der Waals surface area contributed by atoms with Gasteiger partial charge in [-0.25, -0.2) is 0 Å². The van der Waals surface area contributed by atoms with Gasteiger partial charge in [0, 0.05) is 12.8 Å². The van der Waals surface area contributed by atoms with Crippen LogP contribution in [0, 0.1) is 0 Å². The second-order valence-electron chi connectivity index (χ2n) is 4.59. The molecule has 16 heavy (non-hydrogen) atoms. The van der Waals surface area contributed by atoms with Gasteiger partial charge < -0.3 is 0 Å². The van der Waals surface area contributed by atoms with Crippen LogP contribution in [0.1, 0.15) is 77.6 Å². The molecule has 0 amide bonds. The average molecular weight is 244 g/mol. The van der Waals surface area contributed by atoms with E-state index in [1.807, 2.05) is 0 Å². The van der Waals surface area contributed by atoms with Crippen LogP contribution in [-0.2, 0) is 4.79 Å². The lowest BCUT2D eigenvalue weighted by atomic mass is 10.0. The van der Waals surface area contributed by atoms with Gasteiger partial charge in [-0.2, -0.15) is 12.6 Å². The van der Waals surface area contributed by atoms with Gasteiger partial charge in [0.05, 0.1) is 0 Å². The lowest BCUT2D eigenvalue weighted by Crippen LogP contribution is -1.97. The third-order valence-electron chi connectivity index (χ3n) is 2.92. The van der Waals surface area contributed by atoms with E-state index in [0.717, 1.165) is 37.9 Å². The Bertz CT molecular complexity index is 157. The van der Waals surface area contributed by atoms with Crippen LogP contribution in [0.4, 0.5) is 0 Å². The number of unbranched alkanes of at least 4 members (excludes halogenated alkanes) is 7. The number of rotatable bonds is 12. The molecule has 0 unspecified atom stereocenters. The molecule has 0 aromatic heterocycles. The lowest BCUT2D eigenvalue weighted by molar-refractivity contribution is -0.119. The second kappa shape index (κ2) is 13.1. The highest BCUT2D eigenvalue weighted by molar-refractivity contribution is 7.80. The maximum Gasteiger partial charge on any atom is 0.132 e. The van der Waals surface area contributed by atoms with Gasteiger partial charge in [0.15, 0.2) is 0 Å². The molecule has 0 heterocycles. The Morgan fingerprint density at radius 3 is 1.88 bits per heavy atom. The summed E-state index contributed by atoms with van der Waals surface area (Å²) < 4.78 is 0. The zero-order valence-corrected chi connectivity index (χ0v) is 11.7. The van der Waals surface area contributed by atoms with Crippen LogP contribution < -0.4 is 0 Å². The van der Waals surface area contributed by atoms with Crippen LogP contribution in [0.5, 0.6) is 0 Å². The summed E-state index contributed by atoms with van der Waals surface area (Å²) in [5.74, 6) is 1.36. The molecule has 0 N–H and O–H groups in total. The molecular weight excluding hydrogens is 216 g/mol. The Kier molecular flexibility index (Phi) is 13.1. The molecule has 96 valence electrons. The van der Waals surface area contributed by atoms with Gasteiger partial charge >= 0.3 is 0 Å². The van der Waals surface area contributed by atoms with Gasteiger partial charge in [-0.3, -0.25) is 4.79 Å². The van der Waals surface area contributed by atoms with Crippen molar-refractivity contribution in [3.8, 4) is 0 Å². The first-order valence-electron chi connectivity index (χ1n) is 6.93. The van der Waals surface area contributed by atoms with Crippen LogP contribution in [0.25, 0.3) is 0 Å². The van der Waals surface area contributed by atoms with Crippen molar-refractivity contribution in [1.29, 1.82) is 0 Å². The molecule has 1 nitrogen and oxygen atoms in total. The monoisotopic (exact) mass is 244 g/mol. The van der Waals surface area contributed by atoms with Crippen LogP contribution in [0.2, 0.25) is 0 Å². The van der Waals surface area contributed by atoms with E-state index in [0.29, 0.717) is 5.78 Å². The average Bonchev–Trinajstić information content (AvgIpc) is 2.28. The predicted molar refractivity (Wildman–Crippen MR) is 75.3 cm³/mol. The summed E-state index contributed by atoms with van der Waals surface area (Å²) >= 11 is 4.14. The van der Waals surface area contributed by atoms with E-state index in [1.54, 1.807) is 0 Å². The highest BCUT2D eigenvalue weighted by Crippen LogP contribution is 2.10. The quantitative estimate of drug-likeness (QED) is 0.385. The van der Waals surface area contributed by atoms with Crippen LogP contribution in [0.3, 0.4) is 0 Å². The first-order chi connectivity index (χ1) is 7.81. The SMILES string of the molecule is CCCCCCCCCC(=O)CCCCS. The first kappa shape index (κ1) is 16.0. The van der Waals surface area contributed by atoms with Crippen molar-refractivity contribution in [1.82, 2.24) is 0 Å². The third kappa shape index (κ3) is 12.1. The number of carbonyl (C=O) groups is 1. The van der Waals surface area contributed by atoms with Gasteiger partial charge in [-0.15, -0.1) is 0 Å². The van der Waals surface area contributed by atoms with Crippen molar-refractivity contribution < 1.29 is 4.79 Å². The molecule has 0 aliphatic carbocycles.